The molecule has 0 amide bonds. The molecule has 1 N–H and O–H groups in total. The second-order valence-electron chi connectivity index (χ2n) is 15.8. The summed E-state index contributed by atoms with van der Waals surface area (Å²) >= 11 is 1.55. The first-order valence-corrected chi connectivity index (χ1v) is 24.8. The van der Waals surface area contributed by atoms with Crippen molar-refractivity contribution in [2.75, 3.05) is 18.6 Å². The fraction of sp³-hybridized carbons (Fsp3) is 0.367. The van der Waals surface area contributed by atoms with Crippen LogP contribution in [0.2, 0.25) is 0 Å². The maximum atomic E-state index is 11.0. The van der Waals surface area contributed by atoms with Crippen molar-refractivity contribution in [2.45, 2.75) is 103 Å². The third kappa shape index (κ3) is 46.9. The SMILES string of the molecule is C=C[C-]=O.C=C[C-]=O.O=[C-]C1CCC(COc2ccc(OCC3CCC([C-]=O)CC3)c(/C=N/Nc3nc4ccccc4s3)c2)CC1.[CH2-]CCCC[CH2-].[CH2-]CCCC[CH2-].[U+2].[U+2].[U+2].[U+2].[U+2].[U+2].[c-]1cc[c-]cc1.[c-]1cc[c-]cc1. The third-order valence-electron chi connectivity index (χ3n) is 10.4. The van der Waals surface area contributed by atoms with E-state index in [-0.39, 0.29) is 199 Å². The van der Waals surface area contributed by atoms with E-state index in [4.69, 9.17) is 19.1 Å². The van der Waals surface area contributed by atoms with Gasteiger partial charge in [-0.25, -0.2) is 30.3 Å². The van der Waals surface area contributed by atoms with Crippen LogP contribution >= 0.6 is 11.3 Å². The quantitative estimate of drug-likeness (QED) is 0.0285. The van der Waals surface area contributed by atoms with Crippen molar-refractivity contribution in [3.63, 3.8) is 0 Å². The Hall–Kier alpha value is 0.312. The zero-order chi connectivity index (χ0) is 51.1. The van der Waals surface area contributed by atoms with E-state index in [1.165, 1.54) is 38.3 Å². The second kappa shape index (κ2) is 64.5. The molecule has 9 nitrogen and oxygen atoms in total. The average Bonchev–Trinajstić information content (AvgIpc) is 3.86. The summed E-state index contributed by atoms with van der Waals surface area (Å²) in [5.41, 5.74) is 4.82. The maximum absolute atomic E-state index is 11.0. The van der Waals surface area contributed by atoms with E-state index >= 15 is 0 Å². The van der Waals surface area contributed by atoms with Crippen LogP contribution in [0.15, 0.2) is 121 Å². The van der Waals surface area contributed by atoms with Crippen molar-refractivity contribution in [2.24, 2.45) is 28.8 Å². The molecule has 1 aromatic heterocycles. The summed E-state index contributed by atoms with van der Waals surface area (Å²) in [6.07, 6.45) is 27.8. The Morgan fingerprint density at radius 3 is 1.36 bits per heavy atom. The standard InChI is InChI=1S/C30H33N3O4S.2C6H4.2C6H12.2C3H3O.6U/c34-17-21-5-9-23(10-6-21)19-36-26-13-14-28(37-20-24-11-7-22(18-35)8-12-24)25(15-26)16-31-33-30-32-27-3-1-2-4-29(27)38-30;2*1-2-4-6-5-3-1;2*1-3-5-6-4-2;2*1-2-3-4;;;;;;/h1-4,13-16,21-24H,5-12,19-20H2,(H,32,33);2*1-2,5-6H;2*1-6H2;2*2H,1H2;;;;;;/q5*-2;2*-1;6*+2/b31-16+;;;;;;;;;;;;. The zero-order valence-electron chi connectivity index (χ0n) is 43.9. The van der Waals surface area contributed by atoms with Gasteiger partial charge in [0.25, 0.3) is 0 Å². The van der Waals surface area contributed by atoms with Crippen molar-refractivity contribution in [1.29, 1.82) is 0 Å². The molecule has 0 spiro atoms. The van der Waals surface area contributed by atoms with Crippen molar-refractivity contribution in [1.82, 2.24) is 4.98 Å². The predicted octanol–water partition coefficient (Wildman–Crippen LogP) is 13.9. The Balaban J connectivity index is -0.000000263. The number of carbonyl (C=O) groups excluding carboxylic acids is 4. The van der Waals surface area contributed by atoms with Crippen LogP contribution in [0.4, 0.5) is 5.13 Å². The molecule has 16 heteroatoms. The van der Waals surface area contributed by atoms with Gasteiger partial charge < -0.3 is 80.6 Å². The minimum atomic E-state index is 0. The number of aromatic nitrogens is 1. The van der Waals surface area contributed by atoms with Gasteiger partial charge in [-0.05, 0) is 80.4 Å². The number of nitrogens with zero attached hydrogens (tertiary/aromatic N) is 2. The molecule has 7 rings (SSSR count). The Bertz CT molecular complexity index is 1930. The smallest absolute Gasteiger partial charge is 0.542 e. The van der Waals surface area contributed by atoms with Crippen molar-refractivity contribution >= 4 is 58.0 Å². The number of allylic oxidation sites excluding steroid dienone is 2. The number of hydrogen-bond acceptors (Lipinski definition) is 10. The molecule has 2 fully saturated rings. The van der Waals surface area contributed by atoms with Gasteiger partial charge in [-0.1, -0.05) is 74.8 Å². The van der Waals surface area contributed by atoms with Gasteiger partial charge in [0.1, 0.15) is 11.5 Å². The molecule has 0 aliphatic heterocycles. The zero-order valence-corrected chi connectivity index (χ0v) is 69.7. The molecule has 2 aliphatic carbocycles. The summed E-state index contributed by atoms with van der Waals surface area (Å²) < 4.78 is 13.5. The van der Waals surface area contributed by atoms with E-state index in [9.17, 15) is 9.59 Å². The first-order valence-electron chi connectivity index (χ1n) is 23.9. The Labute approximate surface area is 604 Å². The molecular formula is C60H71N3O6SU6. The molecule has 2 saturated carbocycles. The first-order chi connectivity index (χ1) is 34.4. The topological polar surface area (TPSA) is 124 Å². The van der Waals surface area contributed by atoms with Gasteiger partial charge in [0.05, 0.1) is 29.6 Å². The first kappa shape index (κ1) is 87.6. The molecular weight excluding hydrogens is 2320 g/mol. The number of para-hydroxylation sites is 1. The molecule has 4 aromatic carbocycles. The largest absolute Gasteiger partial charge is 2.00 e. The molecule has 1 heterocycles. The number of thiazole rings is 1. The van der Waals surface area contributed by atoms with Crippen LogP contribution in [0.1, 0.15) is 108 Å². The van der Waals surface area contributed by atoms with Crippen molar-refractivity contribution in [3.05, 3.63) is 174 Å². The van der Waals surface area contributed by atoms with Gasteiger partial charge in [-0.2, -0.15) is 30.8 Å². The summed E-state index contributed by atoms with van der Waals surface area (Å²) in [5.74, 6) is 2.56. The van der Waals surface area contributed by atoms with E-state index in [1.807, 2.05) is 91.0 Å². The van der Waals surface area contributed by atoms with Crippen LogP contribution in [0.3, 0.4) is 0 Å². The molecule has 76 heavy (non-hydrogen) atoms. The Kier molecular flexibility index (Phi) is 74.3. The normalized spacial score (nSPS) is 15.1. The summed E-state index contributed by atoms with van der Waals surface area (Å²) in [6, 6.07) is 39.8. The second-order valence-corrected chi connectivity index (χ2v) is 16.9. The van der Waals surface area contributed by atoms with Crippen LogP contribution in [0.25, 0.3) is 10.2 Å². The number of unbranched alkanes of at least 4 members (excludes halogenated alkanes) is 6. The summed E-state index contributed by atoms with van der Waals surface area (Å²) in [4.78, 5) is 44.3. The number of hydrazone groups is 1. The number of nitrogens with one attached hydrogen (secondary N) is 1. The maximum Gasteiger partial charge on any atom is 2.00 e. The number of rotatable bonds is 19. The van der Waals surface area contributed by atoms with Gasteiger partial charge in [0, 0.05) is 5.56 Å². The minimum absolute atomic E-state index is 0. The van der Waals surface area contributed by atoms with E-state index in [0.717, 1.165) is 122 Å². The van der Waals surface area contributed by atoms with E-state index in [0.29, 0.717) is 25.0 Å². The minimum Gasteiger partial charge on any atom is -0.542 e. The number of ether oxygens (including phenoxy) is 2. The van der Waals surface area contributed by atoms with Crippen LogP contribution in [-0.4, -0.2) is 49.6 Å². The number of hydrogen-bond donors (Lipinski definition) is 1. The van der Waals surface area contributed by atoms with Crippen LogP contribution in [0, 0.1) is 262 Å². The predicted molar refractivity (Wildman–Crippen MR) is 289 cm³/mol. The average molecular weight is 2390 g/mol. The molecule has 0 unspecified atom stereocenters. The molecule has 0 atom stereocenters. The Morgan fingerprint density at radius 2 is 1.00 bits per heavy atom. The van der Waals surface area contributed by atoms with Crippen molar-refractivity contribution in [3.8, 4) is 11.5 Å². The molecule has 0 radical (unpaired) electrons. The fourth-order valence-electron chi connectivity index (χ4n) is 6.56. The van der Waals surface area contributed by atoms with Gasteiger partial charge in [-0.15, -0.1) is 11.8 Å². The molecule has 392 valence electrons. The van der Waals surface area contributed by atoms with Gasteiger partial charge in [0.2, 0.25) is 5.13 Å². The van der Waals surface area contributed by atoms with Crippen LogP contribution in [0.5, 0.6) is 11.5 Å². The third-order valence-corrected chi connectivity index (χ3v) is 11.3. The summed E-state index contributed by atoms with van der Waals surface area (Å²) in [6.45, 7) is 22.1. The fourth-order valence-corrected chi connectivity index (χ4v) is 7.37. The van der Waals surface area contributed by atoms with Crippen molar-refractivity contribution < 1.29 is 215 Å². The number of anilines is 1. The number of benzene rings is 4. The monoisotopic (exact) mass is 2390 g/mol. The molecule has 2 aliphatic rings. The summed E-state index contributed by atoms with van der Waals surface area (Å²) in [5, 5.41) is 5.18. The van der Waals surface area contributed by atoms with Gasteiger partial charge >= 0.3 is 187 Å². The summed E-state index contributed by atoms with van der Waals surface area (Å²) in [7, 11) is 0. The van der Waals surface area contributed by atoms with Crippen LogP contribution < -0.4 is 14.9 Å². The number of fused-ring (bicyclic) bond motifs is 1. The van der Waals surface area contributed by atoms with Crippen LogP contribution in [-0.2, 0) is 19.2 Å². The molecule has 0 saturated heterocycles. The van der Waals surface area contributed by atoms with E-state index in [2.05, 4.69) is 93.2 Å². The molecule has 5 aromatic rings. The molecule has 0 bridgehead atoms. The Morgan fingerprint density at radius 1 is 0.605 bits per heavy atom. The van der Waals surface area contributed by atoms with Gasteiger partial charge in [0.15, 0.2) is 0 Å². The van der Waals surface area contributed by atoms with E-state index < -0.39 is 0 Å². The van der Waals surface area contributed by atoms with Gasteiger partial charge in [-0.3, -0.25) is 66.5 Å². The van der Waals surface area contributed by atoms with E-state index in [1.54, 1.807) is 17.6 Å².